The monoisotopic (exact) mass is 237 g/mol. The van der Waals surface area contributed by atoms with Crippen molar-refractivity contribution in [3.05, 3.63) is 22.4 Å². The molecule has 2 rings (SSSR count). The molecule has 0 radical (unpaired) electrons. The minimum absolute atomic E-state index is 0.789. The number of hydrogen-bond donors (Lipinski definition) is 1. The second-order valence-corrected chi connectivity index (χ2v) is 5.68. The van der Waals surface area contributed by atoms with Gasteiger partial charge in [0.15, 0.2) is 0 Å². The van der Waals surface area contributed by atoms with Crippen molar-refractivity contribution in [2.75, 3.05) is 6.54 Å². The first-order valence-corrected chi connectivity index (χ1v) is 7.59. The van der Waals surface area contributed by atoms with E-state index in [-0.39, 0.29) is 0 Å². The third-order valence-corrected chi connectivity index (χ3v) is 4.57. The summed E-state index contributed by atoms with van der Waals surface area (Å²) in [5.41, 5.74) is 1.49. The fourth-order valence-corrected chi connectivity index (χ4v) is 3.50. The van der Waals surface area contributed by atoms with Crippen molar-refractivity contribution in [1.82, 2.24) is 5.32 Å². The summed E-state index contributed by atoms with van der Waals surface area (Å²) >= 11 is 1.80. The molecule has 2 heteroatoms. The third-order valence-electron chi connectivity index (χ3n) is 3.83. The molecule has 16 heavy (non-hydrogen) atoms. The van der Waals surface area contributed by atoms with E-state index in [0.29, 0.717) is 0 Å². The second kappa shape index (κ2) is 6.41. The van der Waals surface area contributed by atoms with E-state index in [9.17, 15) is 0 Å². The SMILES string of the molecule is CCC1CCCCC1NCCc1ccsc1. The molecule has 1 aromatic rings. The molecule has 0 aromatic carbocycles. The van der Waals surface area contributed by atoms with Gasteiger partial charge in [-0.05, 0) is 54.1 Å². The maximum Gasteiger partial charge on any atom is 0.00953 e. The van der Waals surface area contributed by atoms with Crippen LogP contribution in [0.15, 0.2) is 16.8 Å². The van der Waals surface area contributed by atoms with E-state index in [4.69, 9.17) is 0 Å². The zero-order valence-electron chi connectivity index (χ0n) is 10.2. The topological polar surface area (TPSA) is 12.0 Å². The molecular weight excluding hydrogens is 214 g/mol. The Morgan fingerprint density at radius 1 is 1.38 bits per heavy atom. The predicted octanol–water partition coefficient (Wildman–Crippen LogP) is 3.85. The Morgan fingerprint density at radius 3 is 3.00 bits per heavy atom. The maximum atomic E-state index is 3.77. The Morgan fingerprint density at radius 2 is 2.25 bits per heavy atom. The zero-order valence-corrected chi connectivity index (χ0v) is 11.1. The molecule has 1 saturated carbocycles. The molecule has 0 bridgehead atoms. The summed E-state index contributed by atoms with van der Waals surface area (Å²) in [6, 6.07) is 3.03. The molecular formula is C14H23NS. The largest absolute Gasteiger partial charge is 0.313 e. The van der Waals surface area contributed by atoms with Crippen molar-refractivity contribution in [3.8, 4) is 0 Å². The Balaban J connectivity index is 1.71. The lowest BCUT2D eigenvalue weighted by atomic mass is 9.83. The van der Waals surface area contributed by atoms with Gasteiger partial charge in [-0.2, -0.15) is 11.3 Å². The summed E-state index contributed by atoms with van der Waals surface area (Å²) in [6.45, 7) is 3.49. The van der Waals surface area contributed by atoms with Crippen molar-refractivity contribution < 1.29 is 0 Å². The van der Waals surface area contributed by atoms with Crippen molar-refractivity contribution in [2.24, 2.45) is 5.92 Å². The van der Waals surface area contributed by atoms with Crippen molar-refractivity contribution in [1.29, 1.82) is 0 Å². The van der Waals surface area contributed by atoms with E-state index < -0.39 is 0 Å². The molecule has 90 valence electrons. The van der Waals surface area contributed by atoms with E-state index in [1.807, 2.05) is 0 Å². The first kappa shape index (κ1) is 12.1. The molecule has 1 aliphatic carbocycles. The zero-order chi connectivity index (χ0) is 11.2. The van der Waals surface area contributed by atoms with Crippen LogP contribution in [0.4, 0.5) is 0 Å². The Bertz CT molecular complexity index is 281. The normalized spacial score (nSPS) is 25.8. The van der Waals surface area contributed by atoms with Gasteiger partial charge in [0, 0.05) is 6.04 Å². The van der Waals surface area contributed by atoms with Crippen molar-refractivity contribution in [3.63, 3.8) is 0 Å². The van der Waals surface area contributed by atoms with Crippen molar-refractivity contribution in [2.45, 2.75) is 51.5 Å². The lowest BCUT2D eigenvalue weighted by molar-refractivity contribution is 0.257. The number of thiophene rings is 1. The van der Waals surface area contributed by atoms with Crippen LogP contribution in [-0.2, 0) is 6.42 Å². The van der Waals surface area contributed by atoms with Gasteiger partial charge < -0.3 is 5.32 Å². The summed E-state index contributed by atoms with van der Waals surface area (Å²) in [5, 5.41) is 8.20. The predicted molar refractivity (Wildman–Crippen MR) is 72.1 cm³/mol. The highest BCUT2D eigenvalue weighted by molar-refractivity contribution is 7.07. The van der Waals surface area contributed by atoms with Gasteiger partial charge in [0.25, 0.3) is 0 Å². The van der Waals surface area contributed by atoms with Gasteiger partial charge in [-0.1, -0.05) is 26.2 Å². The van der Waals surface area contributed by atoms with Crippen LogP contribution < -0.4 is 5.32 Å². The van der Waals surface area contributed by atoms with Gasteiger partial charge in [0.05, 0.1) is 0 Å². The van der Waals surface area contributed by atoms with Gasteiger partial charge in [-0.25, -0.2) is 0 Å². The van der Waals surface area contributed by atoms with Crippen LogP contribution in [0.3, 0.4) is 0 Å². The van der Waals surface area contributed by atoms with Crippen LogP contribution in [0.2, 0.25) is 0 Å². The van der Waals surface area contributed by atoms with Crippen molar-refractivity contribution >= 4 is 11.3 Å². The fourth-order valence-electron chi connectivity index (χ4n) is 2.80. The molecule has 1 nitrogen and oxygen atoms in total. The summed E-state index contributed by atoms with van der Waals surface area (Å²) in [5.74, 6) is 0.927. The first-order chi connectivity index (χ1) is 7.90. The maximum absolute atomic E-state index is 3.77. The molecule has 2 atom stereocenters. The lowest BCUT2D eigenvalue weighted by Crippen LogP contribution is -2.39. The average molecular weight is 237 g/mol. The average Bonchev–Trinajstić information content (AvgIpc) is 2.83. The van der Waals surface area contributed by atoms with Gasteiger partial charge in [0.2, 0.25) is 0 Å². The van der Waals surface area contributed by atoms with E-state index in [0.717, 1.165) is 18.5 Å². The first-order valence-electron chi connectivity index (χ1n) is 6.64. The van der Waals surface area contributed by atoms with Gasteiger partial charge in [0.1, 0.15) is 0 Å². The standard InChI is InChI=1S/C14H23NS/c1-2-13-5-3-4-6-14(13)15-9-7-12-8-10-16-11-12/h8,10-11,13-15H,2-7,9H2,1H3. The fraction of sp³-hybridized carbons (Fsp3) is 0.714. The van der Waals surface area contributed by atoms with Crippen LogP contribution in [0.25, 0.3) is 0 Å². The molecule has 0 aliphatic heterocycles. The molecule has 2 unspecified atom stereocenters. The number of nitrogens with one attached hydrogen (secondary N) is 1. The number of rotatable bonds is 5. The molecule has 0 saturated heterocycles. The summed E-state index contributed by atoms with van der Waals surface area (Å²) in [7, 11) is 0. The van der Waals surface area contributed by atoms with Crippen LogP contribution in [0.5, 0.6) is 0 Å². The molecule has 1 aliphatic rings. The summed E-state index contributed by atoms with van der Waals surface area (Å²) in [4.78, 5) is 0. The van der Waals surface area contributed by atoms with Crippen LogP contribution in [0, 0.1) is 5.92 Å². The minimum atomic E-state index is 0.789. The molecule has 1 N–H and O–H groups in total. The summed E-state index contributed by atoms with van der Waals surface area (Å²) in [6.07, 6.45) is 8.23. The Labute approximate surface area is 103 Å². The lowest BCUT2D eigenvalue weighted by Gasteiger charge is -2.31. The van der Waals surface area contributed by atoms with E-state index >= 15 is 0 Å². The third kappa shape index (κ3) is 3.33. The smallest absolute Gasteiger partial charge is 0.00953 e. The molecule has 1 heterocycles. The van der Waals surface area contributed by atoms with Crippen LogP contribution in [0.1, 0.15) is 44.6 Å². The van der Waals surface area contributed by atoms with Gasteiger partial charge in [-0.3, -0.25) is 0 Å². The highest BCUT2D eigenvalue weighted by atomic mass is 32.1. The van der Waals surface area contributed by atoms with Crippen LogP contribution in [-0.4, -0.2) is 12.6 Å². The Hall–Kier alpha value is -0.340. The second-order valence-electron chi connectivity index (χ2n) is 4.90. The van der Waals surface area contributed by atoms with Gasteiger partial charge >= 0.3 is 0 Å². The Kier molecular flexibility index (Phi) is 4.86. The number of hydrogen-bond acceptors (Lipinski definition) is 2. The highest BCUT2D eigenvalue weighted by Crippen LogP contribution is 2.26. The minimum Gasteiger partial charge on any atom is -0.313 e. The van der Waals surface area contributed by atoms with E-state index in [1.54, 1.807) is 11.3 Å². The highest BCUT2D eigenvalue weighted by Gasteiger charge is 2.22. The summed E-state index contributed by atoms with van der Waals surface area (Å²) < 4.78 is 0. The molecule has 1 aromatic heterocycles. The van der Waals surface area contributed by atoms with E-state index in [1.165, 1.54) is 44.1 Å². The van der Waals surface area contributed by atoms with E-state index in [2.05, 4.69) is 29.1 Å². The molecule has 0 amide bonds. The quantitative estimate of drug-likeness (QED) is 0.820. The molecule has 0 spiro atoms. The molecule has 1 fully saturated rings. The van der Waals surface area contributed by atoms with Crippen LogP contribution >= 0.6 is 11.3 Å². The van der Waals surface area contributed by atoms with Gasteiger partial charge in [-0.15, -0.1) is 0 Å².